The average molecular weight is 458 g/mol. The Morgan fingerprint density at radius 1 is 1.34 bits per heavy atom. The fourth-order valence-corrected chi connectivity index (χ4v) is 4.47. The van der Waals surface area contributed by atoms with E-state index in [1.165, 1.54) is 10.9 Å². The summed E-state index contributed by atoms with van der Waals surface area (Å²) in [5.74, 6) is 0.0291. The van der Waals surface area contributed by atoms with Gasteiger partial charge in [0.1, 0.15) is 24.2 Å². The number of alkyl halides is 2. The van der Waals surface area contributed by atoms with Crippen LogP contribution >= 0.6 is 15.2 Å². The third-order valence-corrected chi connectivity index (χ3v) is 7.30. The van der Waals surface area contributed by atoms with Gasteiger partial charge in [-0.1, -0.05) is 0 Å². The zero-order valence-electron chi connectivity index (χ0n) is 13.9. The number of rotatable bonds is 6. The second-order valence-electron chi connectivity index (χ2n) is 5.94. The van der Waals surface area contributed by atoms with E-state index in [4.69, 9.17) is 10.5 Å². The van der Waals surface area contributed by atoms with Crippen LogP contribution in [0.1, 0.15) is 12.6 Å². The summed E-state index contributed by atoms with van der Waals surface area (Å²) in [5.41, 5.74) is 5.96. The van der Waals surface area contributed by atoms with Crippen LogP contribution in [-0.2, 0) is 18.4 Å². The Morgan fingerprint density at radius 2 is 2.00 bits per heavy atom. The van der Waals surface area contributed by atoms with E-state index < -0.39 is 45.3 Å². The molecule has 1 saturated heterocycles. The van der Waals surface area contributed by atoms with Crippen molar-refractivity contribution in [3.05, 3.63) is 12.7 Å². The predicted octanol–water partition coefficient (Wildman–Crippen LogP) is -2.59. The van der Waals surface area contributed by atoms with Crippen LogP contribution in [0, 0.1) is 0 Å². The minimum absolute atomic E-state index is 0.0291. The Kier molecular flexibility index (Phi) is 5.53. The number of nitrogen functional groups attached to an aromatic ring is 1. The molecule has 0 radical (unpaired) electrons. The molecule has 0 aromatic carbocycles. The second-order valence-corrected chi connectivity index (χ2v) is 9.62. The van der Waals surface area contributed by atoms with Gasteiger partial charge >= 0.3 is 5.40 Å². The Balaban J connectivity index is 1.79. The van der Waals surface area contributed by atoms with Crippen LogP contribution in [0.3, 0.4) is 0 Å². The monoisotopic (exact) mass is 458 g/mol. The molecule has 2 aromatic rings. The lowest BCUT2D eigenvalue weighted by molar-refractivity contribution is -0.332. The van der Waals surface area contributed by atoms with E-state index in [-0.39, 0.29) is 23.4 Å². The van der Waals surface area contributed by atoms with Crippen LogP contribution in [0.25, 0.3) is 11.2 Å². The number of imidazole rings is 1. The summed E-state index contributed by atoms with van der Waals surface area (Å²) in [5, 5.41) is 14.0. The topological polar surface area (TPSA) is 232 Å². The maximum Gasteiger partial charge on any atom is 0.332 e. The molecule has 14 nitrogen and oxygen atoms in total. The smallest absolute Gasteiger partial charge is 0.332 e. The fraction of sp³-hybridized carbons (Fsp3) is 0.545. The molecule has 162 valence electrons. The maximum absolute atomic E-state index is 13.3. The Morgan fingerprint density at radius 3 is 2.62 bits per heavy atom. The highest BCUT2D eigenvalue weighted by Gasteiger charge is 2.50. The van der Waals surface area contributed by atoms with E-state index in [9.17, 15) is 42.8 Å². The molecule has 0 saturated carbocycles. The third kappa shape index (κ3) is 3.79. The average Bonchev–Trinajstić information content (AvgIpc) is 3.17. The van der Waals surface area contributed by atoms with Gasteiger partial charge in [-0.2, -0.15) is 8.78 Å². The lowest BCUT2D eigenvalue weighted by atomic mass is 10.2. The molecule has 2 unspecified atom stereocenters. The van der Waals surface area contributed by atoms with Gasteiger partial charge in [-0.3, -0.25) is 4.57 Å². The van der Waals surface area contributed by atoms with Crippen molar-refractivity contribution in [2.45, 2.75) is 36.6 Å². The molecule has 3 heterocycles. The Hall–Kier alpha value is -1.61. The standard InChI is InChI=1S/C11H15F2N5O9P2/c12-11(13,28(21,22)23)29(24,25)27-10(20)7-4(19)1-5(26-7)18-3-17-6-8(14)15-2-16-9(6)18/h2-5,7,10,19-20H,1H2,(H,24,25)(H2,14,15,16)(H2,21,22,23)/p-3/t4-,5+,7-,10?/m0/s1. The van der Waals surface area contributed by atoms with Crippen LogP contribution in [0.2, 0.25) is 0 Å². The van der Waals surface area contributed by atoms with Gasteiger partial charge < -0.3 is 49.0 Å². The number of anilines is 1. The number of nitrogens with two attached hydrogens (primary N) is 1. The van der Waals surface area contributed by atoms with Crippen LogP contribution < -0.4 is 20.4 Å². The number of aliphatic hydroxyl groups is 2. The van der Waals surface area contributed by atoms with E-state index >= 15 is 0 Å². The van der Waals surface area contributed by atoms with Gasteiger partial charge in [0, 0.05) is 14.0 Å². The highest BCUT2D eigenvalue weighted by Crippen LogP contribution is 2.68. The first-order chi connectivity index (χ1) is 13.3. The van der Waals surface area contributed by atoms with Gasteiger partial charge in [-0.15, -0.1) is 0 Å². The van der Waals surface area contributed by atoms with Crippen LogP contribution in [-0.4, -0.2) is 53.6 Å². The molecule has 1 aliphatic heterocycles. The molecule has 0 bridgehead atoms. The van der Waals surface area contributed by atoms with E-state index in [2.05, 4.69) is 19.5 Å². The van der Waals surface area contributed by atoms with Gasteiger partial charge in [-0.25, -0.2) is 15.0 Å². The number of halogens is 2. The van der Waals surface area contributed by atoms with Gasteiger partial charge in [0.15, 0.2) is 17.8 Å². The van der Waals surface area contributed by atoms with Crippen LogP contribution in [0.15, 0.2) is 12.7 Å². The highest BCUT2D eigenvalue weighted by atomic mass is 31.2. The first-order valence-electron chi connectivity index (χ1n) is 7.60. The molecule has 3 rings (SSSR count). The highest BCUT2D eigenvalue weighted by molar-refractivity contribution is 7.70. The van der Waals surface area contributed by atoms with E-state index in [0.29, 0.717) is 0 Å². The van der Waals surface area contributed by atoms with Crippen molar-refractivity contribution in [2.24, 2.45) is 0 Å². The summed E-state index contributed by atoms with van der Waals surface area (Å²) >= 11 is 0. The molecular formula is C11H12F2N5O9P2-3. The Bertz CT molecular complexity index is 1020. The molecule has 2 aromatic heterocycles. The summed E-state index contributed by atoms with van der Waals surface area (Å²) in [7, 11) is -13.7. The molecule has 0 spiro atoms. The van der Waals surface area contributed by atoms with Crippen molar-refractivity contribution >= 4 is 32.2 Å². The lowest BCUT2D eigenvalue weighted by Crippen LogP contribution is -2.41. The second kappa shape index (κ2) is 7.27. The number of aliphatic hydroxyl groups excluding tert-OH is 2. The number of hydrogen-bond acceptors (Lipinski definition) is 13. The maximum atomic E-state index is 13.3. The first-order valence-corrected chi connectivity index (χ1v) is 10.7. The van der Waals surface area contributed by atoms with E-state index in [1.54, 1.807) is 0 Å². The summed E-state index contributed by atoms with van der Waals surface area (Å²) in [6.07, 6.45) is -5.37. The first kappa shape index (κ1) is 22.1. The number of hydrogen-bond donors (Lipinski definition) is 3. The minimum Gasteiger partial charge on any atom is -0.806 e. The van der Waals surface area contributed by atoms with Gasteiger partial charge in [0.25, 0.3) is 0 Å². The van der Waals surface area contributed by atoms with Crippen LogP contribution in [0.5, 0.6) is 0 Å². The lowest BCUT2D eigenvalue weighted by Gasteiger charge is -2.44. The van der Waals surface area contributed by atoms with Gasteiger partial charge in [-0.05, 0) is 0 Å². The molecule has 4 N–H and O–H groups in total. The molecule has 5 atom stereocenters. The quantitative estimate of drug-likeness (QED) is 0.298. The summed E-state index contributed by atoms with van der Waals surface area (Å²) in [6, 6.07) is 0. The van der Waals surface area contributed by atoms with Gasteiger partial charge in [0.05, 0.1) is 12.4 Å². The summed E-state index contributed by atoms with van der Waals surface area (Å²) < 4.78 is 58.8. The zero-order valence-corrected chi connectivity index (χ0v) is 15.7. The number of ether oxygens (including phenoxy) is 1. The predicted molar refractivity (Wildman–Crippen MR) is 81.5 cm³/mol. The van der Waals surface area contributed by atoms with E-state index in [0.717, 1.165) is 6.33 Å². The molecule has 1 fully saturated rings. The number of aromatic nitrogens is 4. The van der Waals surface area contributed by atoms with Crippen LogP contribution in [0.4, 0.5) is 14.6 Å². The number of nitrogens with zero attached hydrogens (tertiary/aromatic N) is 4. The molecule has 0 amide bonds. The van der Waals surface area contributed by atoms with Crippen molar-refractivity contribution < 1.29 is 52.1 Å². The molecule has 29 heavy (non-hydrogen) atoms. The SMILES string of the molecule is Nc1ncnc2c1ncn2[C@H]1C[C@H](O)[C@@H](C(O)OP(=O)([O-])C(F)(F)P(=O)([O-])[O-])O1. The minimum atomic E-state index is -6.96. The van der Waals surface area contributed by atoms with E-state index in [1.807, 2.05) is 0 Å². The Labute approximate surface area is 159 Å². The molecule has 18 heteroatoms. The summed E-state index contributed by atoms with van der Waals surface area (Å²) in [4.78, 5) is 44.0. The fourth-order valence-electron chi connectivity index (χ4n) is 2.60. The van der Waals surface area contributed by atoms with Crippen molar-refractivity contribution in [3.63, 3.8) is 0 Å². The van der Waals surface area contributed by atoms with Crippen molar-refractivity contribution in [2.75, 3.05) is 5.73 Å². The largest absolute Gasteiger partial charge is 0.806 e. The van der Waals surface area contributed by atoms with Crippen molar-refractivity contribution in [1.82, 2.24) is 19.5 Å². The summed E-state index contributed by atoms with van der Waals surface area (Å²) in [6.45, 7) is 0. The van der Waals surface area contributed by atoms with Crippen molar-refractivity contribution in [1.29, 1.82) is 0 Å². The number of fused-ring (bicyclic) bond motifs is 1. The normalized spacial score (nSPS) is 26.5. The third-order valence-electron chi connectivity index (χ3n) is 4.02. The molecular weight excluding hydrogens is 446 g/mol. The zero-order chi connectivity index (χ0) is 21.8. The van der Waals surface area contributed by atoms with Gasteiger partial charge in [0.2, 0.25) is 7.60 Å². The molecule has 1 aliphatic rings. The van der Waals surface area contributed by atoms with Crippen molar-refractivity contribution in [3.8, 4) is 0 Å². The molecule has 0 aliphatic carbocycles.